The van der Waals surface area contributed by atoms with E-state index in [1.54, 1.807) is 0 Å². The van der Waals surface area contributed by atoms with Crippen LogP contribution in [0.15, 0.2) is 36.5 Å². The van der Waals surface area contributed by atoms with E-state index >= 15 is 0 Å². The molecule has 0 spiro atoms. The monoisotopic (exact) mass is 206 g/mol. The van der Waals surface area contributed by atoms with Gasteiger partial charge in [-0.05, 0) is 31.1 Å². The predicted molar refractivity (Wildman–Crippen MR) is 70.9 cm³/mol. The molecule has 1 unspecified atom stereocenters. The van der Waals surface area contributed by atoms with Gasteiger partial charge in [0.1, 0.15) is 0 Å². The number of rotatable bonds is 7. The van der Waals surface area contributed by atoms with Crippen LogP contribution in [-0.2, 0) is 0 Å². The zero-order chi connectivity index (χ0) is 11.5. The van der Waals surface area contributed by atoms with Crippen molar-refractivity contribution >= 4 is 0 Å². The first-order valence-electron chi connectivity index (χ1n) is 6.20. The van der Waals surface area contributed by atoms with Crippen LogP contribution in [0.2, 0.25) is 0 Å². The third kappa shape index (κ3) is 9.52. The highest BCUT2D eigenvalue weighted by molar-refractivity contribution is 5.04. The molecule has 15 heavy (non-hydrogen) atoms. The lowest BCUT2D eigenvalue weighted by molar-refractivity contribution is 0.779. The Hall–Kier alpha value is -0.780. The molecule has 0 N–H and O–H groups in total. The Morgan fingerprint density at radius 1 is 0.800 bits per heavy atom. The third-order valence-corrected chi connectivity index (χ3v) is 2.17. The van der Waals surface area contributed by atoms with E-state index in [-0.39, 0.29) is 0 Å². The average molecular weight is 206 g/mol. The Morgan fingerprint density at radius 3 is 2.00 bits per heavy atom. The highest BCUT2D eigenvalue weighted by Gasteiger charge is 1.96. The molecule has 0 nitrogen and oxygen atoms in total. The Labute approximate surface area is 95.8 Å². The lowest BCUT2D eigenvalue weighted by Gasteiger charge is -2.05. The quantitative estimate of drug-likeness (QED) is 0.506. The van der Waals surface area contributed by atoms with Crippen molar-refractivity contribution in [3.05, 3.63) is 36.5 Å². The molecule has 0 radical (unpaired) electrons. The average Bonchev–Trinajstić information content (AvgIpc) is 2.21. The van der Waals surface area contributed by atoms with E-state index in [2.05, 4.69) is 64.2 Å². The van der Waals surface area contributed by atoms with E-state index in [4.69, 9.17) is 0 Å². The zero-order valence-corrected chi connectivity index (χ0v) is 10.7. The van der Waals surface area contributed by atoms with E-state index in [1.165, 1.54) is 0 Å². The molecule has 0 aromatic carbocycles. The Bertz CT molecular complexity index is 206. The fraction of sp³-hybridized carbons (Fsp3) is 0.600. The molecule has 86 valence electrons. The normalized spacial score (nSPS) is 15.0. The third-order valence-electron chi connectivity index (χ3n) is 2.17. The molecule has 1 atom stereocenters. The minimum atomic E-state index is 0.579. The van der Waals surface area contributed by atoms with Crippen LogP contribution in [0.5, 0.6) is 0 Å². The molecule has 0 heterocycles. The van der Waals surface area contributed by atoms with E-state index in [0.717, 1.165) is 19.3 Å². The number of hydrogen-bond acceptors (Lipinski definition) is 0. The van der Waals surface area contributed by atoms with Gasteiger partial charge in [0.25, 0.3) is 0 Å². The van der Waals surface area contributed by atoms with Crippen LogP contribution in [-0.4, -0.2) is 0 Å². The largest absolute Gasteiger partial charge is 0.0888 e. The summed E-state index contributed by atoms with van der Waals surface area (Å²) in [4.78, 5) is 0. The first-order valence-corrected chi connectivity index (χ1v) is 6.20. The van der Waals surface area contributed by atoms with Gasteiger partial charge in [-0.1, -0.05) is 64.2 Å². The maximum absolute atomic E-state index is 2.33. The molecular formula is C15H26. The number of hydrogen-bond donors (Lipinski definition) is 0. The Kier molecular flexibility index (Phi) is 9.26. The van der Waals surface area contributed by atoms with E-state index < -0.39 is 0 Å². The van der Waals surface area contributed by atoms with Crippen molar-refractivity contribution in [2.75, 3.05) is 0 Å². The van der Waals surface area contributed by atoms with Crippen molar-refractivity contribution < 1.29 is 0 Å². The van der Waals surface area contributed by atoms with Crippen molar-refractivity contribution in [1.29, 1.82) is 0 Å². The SMILES string of the molecule is CCC=CCC(C=CCC)C=CC(C)C. The summed E-state index contributed by atoms with van der Waals surface area (Å²) in [6.45, 7) is 8.80. The lowest BCUT2D eigenvalue weighted by atomic mass is 10.0. The minimum absolute atomic E-state index is 0.579. The second kappa shape index (κ2) is 9.76. The summed E-state index contributed by atoms with van der Waals surface area (Å²) in [5, 5.41) is 0. The zero-order valence-electron chi connectivity index (χ0n) is 10.7. The van der Waals surface area contributed by atoms with Gasteiger partial charge in [0.15, 0.2) is 0 Å². The van der Waals surface area contributed by atoms with E-state index in [0.29, 0.717) is 11.8 Å². The fourth-order valence-corrected chi connectivity index (χ4v) is 1.32. The summed E-state index contributed by atoms with van der Waals surface area (Å²) in [5.41, 5.74) is 0. The summed E-state index contributed by atoms with van der Waals surface area (Å²) in [6, 6.07) is 0. The van der Waals surface area contributed by atoms with Crippen molar-refractivity contribution in [3.63, 3.8) is 0 Å². The van der Waals surface area contributed by atoms with Crippen molar-refractivity contribution in [3.8, 4) is 0 Å². The van der Waals surface area contributed by atoms with Crippen molar-refractivity contribution in [2.24, 2.45) is 11.8 Å². The predicted octanol–water partition coefficient (Wildman–Crippen LogP) is 5.14. The van der Waals surface area contributed by atoms with Crippen LogP contribution in [0, 0.1) is 11.8 Å². The van der Waals surface area contributed by atoms with Gasteiger partial charge in [-0.2, -0.15) is 0 Å². The summed E-state index contributed by atoms with van der Waals surface area (Å²) in [6.07, 6.45) is 17.1. The molecule has 0 bridgehead atoms. The molecule has 0 heteroatoms. The fourth-order valence-electron chi connectivity index (χ4n) is 1.32. The molecule has 0 aromatic heterocycles. The first-order chi connectivity index (χ1) is 7.20. The molecule has 0 aliphatic rings. The van der Waals surface area contributed by atoms with Crippen molar-refractivity contribution in [1.82, 2.24) is 0 Å². The smallest absolute Gasteiger partial charge is 0.00189 e. The molecule has 0 aliphatic carbocycles. The Morgan fingerprint density at radius 2 is 1.47 bits per heavy atom. The maximum atomic E-state index is 2.33. The number of allylic oxidation sites excluding steroid dienone is 6. The van der Waals surface area contributed by atoms with Gasteiger partial charge in [-0.15, -0.1) is 0 Å². The highest BCUT2D eigenvalue weighted by Crippen LogP contribution is 2.11. The van der Waals surface area contributed by atoms with E-state index in [9.17, 15) is 0 Å². The maximum Gasteiger partial charge on any atom is -0.00189 e. The molecule has 0 aliphatic heterocycles. The van der Waals surface area contributed by atoms with Crippen molar-refractivity contribution in [2.45, 2.75) is 47.0 Å². The summed E-state index contributed by atoms with van der Waals surface area (Å²) < 4.78 is 0. The first kappa shape index (κ1) is 14.2. The van der Waals surface area contributed by atoms with Gasteiger partial charge in [-0.25, -0.2) is 0 Å². The van der Waals surface area contributed by atoms with Gasteiger partial charge >= 0.3 is 0 Å². The van der Waals surface area contributed by atoms with Crippen LogP contribution in [0.25, 0.3) is 0 Å². The molecule has 0 fully saturated rings. The van der Waals surface area contributed by atoms with E-state index in [1.807, 2.05) is 0 Å². The second-order valence-electron chi connectivity index (χ2n) is 4.24. The molecule has 0 saturated carbocycles. The molecule has 0 rings (SSSR count). The molecule has 0 aromatic rings. The van der Waals surface area contributed by atoms with Crippen LogP contribution < -0.4 is 0 Å². The van der Waals surface area contributed by atoms with Crippen LogP contribution in [0.4, 0.5) is 0 Å². The summed E-state index contributed by atoms with van der Waals surface area (Å²) in [5.74, 6) is 1.23. The van der Waals surface area contributed by atoms with Gasteiger partial charge in [-0.3, -0.25) is 0 Å². The van der Waals surface area contributed by atoms with Gasteiger partial charge < -0.3 is 0 Å². The van der Waals surface area contributed by atoms with Gasteiger partial charge in [0.2, 0.25) is 0 Å². The molecule has 0 amide bonds. The lowest BCUT2D eigenvalue weighted by Crippen LogP contribution is -1.91. The Balaban J connectivity index is 4.18. The van der Waals surface area contributed by atoms with Gasteiger partial charge in [0.05, 0.1) is 0 Å². The van der Waals surface area contributed by atoms with Crippen LogP contribution in [0.1, 0.15) is 47.0 Å². The summed E-state index contributed by atoms with van der Waals surface area (Å²) in [7, 11) is 0. The summed E-state index contributed by atoms with van der Waals surface area (Å²) >= 11 is 0. The highest BCUT2D eigenvalue weighted by atomic mass is 14.0. The molecule has 0 saturated heterocycles. The second-order valence-corrected chi connectivity index (χ2v) is 4.24. The van der Waals surface area contributed by atoms with Gasteiger partial charge in [0, 0.05) is 0 Å². The molecular weight excluding hydrogens is 180 g/mol. The minimum Gasteiger partial charge on any atom is -0.0888 e. The van der Waals surface area contributed by atoms with Crippen LogP contribution in [0.3, 0.4) is 0 Å². The van der Waals surface area contributed by atoms with Crippen LogP contribution >= 0.6 is 0 Å². The topological polar surface area (TPSA) is 0 Å². The standard InChI is InChI=1S/C15H26/c1-5-7-9-11-15(10-8-6-2)13-12-14(3)4/h7-10,12-15H,5-6,11H2,1-4H3.